The van der Waals surface area contributed by atoms with Crippen molar-refractivity contribution < 1.29 is 13.0 Å². The minimum absolute atomic E-state index is 0.533. The van der Waals surface area contributed by atoms with Crippen molar-refractivity contribution >= 4 is 10.1 Å². The van der Waals surface area contributed by atoms with Crippen LogP contribution < -0.4 is 0 Å². The number of rotatable bonds is 15. The van der Waals surface area contributed by atoms with E-state index in [9.17, 15) is 13.0 Å². The molecule has 0 aliphatic carbocycles. The Morgan fingerprint density at radius 3 is 1.38 bits per heavy atom. The van der Waals surface area contributed by atoms with Crippen LogP contribution in [0.1, 0.15) is 104 Å². The van der Waals surface area contributed by atoms with Crippen molar-refractivity contribution in [1.29, 1.82) is 0 Å². The van der Waals surface area contributed by atoms with Crippen molar-refractivity contribution in [2.75, 3.05) is 0 Å². The lowest BCUT2D eigenvalue weighted by molar-refractivity contribution is 0.443. The van der Waals surface area contributed by atoms with Gasteiger partial charge in [0.25, 0.3) is 10.1 Å². The molecular weight excluding hydrogens is 284 g/mol. The van der Waals surface area contributed by atoms with Crippen molar-refractivity contribution in [3.05, 3.63) is 0 Å². The highest BCUT2D eigenvalue weighted by molar-refractivity contribution is 7.86. The van der Waals surface area contributed by atoms with Crippen molar-refractivity contribution in [3.63, 3.8) is 0 Å². The van der Waals surface area contributed by atoms with Crippen LogP contribution in [0.5, 0.6) is 0 Å². The first-order valence-corrected chi connectivity index (χ1v) is 10.5. The molecule has 1 atom stereocenters. The van der Waals surface area contributed by atoms with E-state index in [1.54, 1.807) is 0 Å². The fourth-order valence-electron chi connectivity index (χ4n) is 2.75. The molecule has 0 aromatic heterocycles. The average molecular weight is 321 g/mol. The molecule has 0 spiro atoms. The monoisotopic (exact) mass is 320 g/mol. The van der Waals surface area contributed by atoms with Crippen LogP contribution in [0.4, 0.5) is 0 Å². The Morgan fingerprint density at radius 2 is 1.00 bits per heavy atom. The third kappa shape index (κ3) is 13.3. The summed E-state index contributed by atoms with van der Waals surface area (Å²) < 4.78 is 32.1. The van der Waals surface area contributed by atoms with E-state index in [-0.39, 0.29) is 0 Å². The Morgan fingerprint density at radius 1 is 0.667 bits per heavy atom. The number of unbranched alkanes of at least 4 members (excludes halogenated alkanes) is 10. The first-order chi connectivity index (χ1) is 10.0. The van der Waals surface area contributed by atoms with Crippen LogP contribution in [-0.4, -0.2) is 18.2 Å². The highest BCUT2D eigenvalue weighted by Crippen LogP contribution is 2.18. The molecule has 0 radical (unpaired) electrons. The molecule has 21 heavy (non-hydrogen) atoms. The number of hydrogen-bond donors (Lipinski definition) is 1. The summed E-state index contributed by atoms with van der Waals surface area (Å²) in [5.74, 6) is 0. The maximum absolute atomic E-state index is 11.4. The molecule has 0 aromatic rings. The van der Waals surface area contributed by atoms with Gasteiger partial charge in [-0.05, 0) is 12.8 Å². The second-order valence-corrected chi connectivity index (χ2v) is 7.95. The first kappa shape index (κ1) is 20.9. The third-order valence-corrected chi connectivity index (χ3v) is 5.49. The zero-order chi connectivity index (χ0) is 16.0. The molecule has 0 rings (SSSR count). The minimum Gasteiger partial charge on any atom is -0.285 e. The molecule has 0 aromatic carbocycles. The summed E-state index contributed by atoms with van der Waals surface area (Å²) in [5, 5.41) is -0.533. The quantitative estimate of drug-likeness (QED) is 0.309. The number of hydrogen-bond acceptors (Lipinski definition) is 2. The highest BCUT2D eigenvalue weighted by atomic mass is 32.2. The molecule has 1 unspecified atom stereocenters. The van der Waals surface area contributed by atoms with Crippen molar-refractivity contribution in [2.24, 2.45) is 0 Å². The molecule has 0 heterocycles. The van der Waals surface area contributed by atoms with E-state index in [4.69, 9.17) is 0 Å². The molecule has 1 N–H and O–H groups in total. The predicted molar refractivity (Wildman–Crippen MR) is 91.3 cm³/mol. The van der Waals surface area contributed by atoms with E-state index in [0.29, 0.717) is 12.8 Å². The van der Waals surface area contributed by atoms with Gasteiger partial charge in [0.2, 0.25) is 0 Å². The van der Waals surface area contributed by atoms with Crippen LogP contribution in [0, 0.1) is 0 Å². The van der Waals surface area contributed by atoms with Crippen LogP contribution >= 0.6 is 0 Å². The van der Waals surface area contributed by atoms with Gasteiger partial charge in [-0.3, -0.25) is 4.55 Å². The normalized spacial score (nSPS) is 13.5. The zero-order valence-corrected chi connectivity index (χ0v) is 15.0. The van der Waals surface area contributed by atoms with Gasteiger partial charge in [0.1, 0.15) is 0 Å². The Kier molecular flexibility index (Phi) is 13.5. The second kappa shape index (κ2) is 13.6. The summed E-state index contributed by atoms with van der Waals surface area (Å²) in [7, 11) is -3.86. The Balaban J connectivity index is 3.72. The van der Waals surface area contributed by atoms with E-state index >= 15 is 0 Å². The standard InChI is InChI=1S/C17H36O3S/c1-3-5-7-9-10-11-12-14-16-17(21(18,19)20)15-13-8-6-4-2/h17H,3-16H2,1-2H3,(H,18,19,20). The zero-order valence-electron chi connectivity index (χ0n) is 14.1. The highest BCUT2D eigenvalue weighted by Gasteiger charge is 2.21. The van der Waals surface area contributed by atoms with E-state index < -0.39 is 15.4 Å². The largest absolute Gasteiger partial charge is 0.285 e. The van der Waals surface area contributed by atoms with Gasteiger partial charge in [-0.25, -0.2) is 0 Å². The van der Waals surface area contributed by atoms with E-state index in [0.717, 1.165) is 38.5 Å². The molecule has 0 aliphatic heterocycles. The lowest BCUT2D eigenvalue weighted by Crippen LogP contribution is -2.20. The van der Waals surface area contributed by atoms with Crippen LogP contribution in [-0.2, 0) is 10.1 Å². The summed E-state index contributed by atoms with van der Waals surface area (Å²) in [6.07, 6.45) is 15.2. The van der Waals surface area contributed by atoms with Gasteiger partial charge in [-0.2, -0.15) is 8.42 Å². The predicted octanol–water partition coefficient (Wildman–Crippen LogP) is 5.74. The summed E-state index contributed by atoms with van der Waals surface area (Å²) in [4.78, 5) is 0. The van der Waals surface area contributed by atoms with Gasteiger partial charge >= 0.3 is 0 Å². The van der Waals surface area contributed by atoms with E-state index in [1.807, 2.05) is 0 Å². The Hall–Kier alpha value is -0.0900. The van der Waals surface area contributed by atoms with E-state index in [2.05, 4.69) is 13.8 Å². The van der Waals surface area contributed by atoms with Gasteiger partial charge in [0, 0.05) is 0 Å². The molecule has 3 nitrogen and oxygen atoms in total. The summed E-state index contributed by atoms with van der Waals surface area (Å²) in [5.41, 5.74) is 0. The topological polar surface area (TPSA) is 54.4 Å². The van der Waals surface area contributed by atoms with Gasteiger partial charge in [0.15, 0.2) is 0 Å². The molecule has 0 fully saturated rings. The van der Waals surface area contributed by atoms with E-state index in [1.165, 1.54) is 38.5 Å². The smallest absolute Gasteiger partial charge is 0.267 e. The lowest BCUT2D eigenvalue weighted by Gasteiger charge is -2.13. The van der Waals surface area contributed by atoms with Crippen molar-refractivity contribution in [1.82, 2.24) is 0 Å². The maximum atomic E-state index is 11.4. The molecule has 0 aliphatic rings. The third-order valence-electron chi connectivity index (χ3n) is 4.18. The average Bonchev–Trinajstić information content (AvgIpc) is 2.42. The van der Waals surface area contributed by atoms with Crippen LogP contribution in [0.3, 0.4) is 0 Å². The molecule has 0 saturated carbocycles. The fourth-order valence-corrected chi connectivity index (χ4v) is 3.68. The fraction of sp³-hybridized carbons (Fsp3) is 1.00. The molecule has 0 amide bonds. The minimum atomic E-state index is -3.86. The van der Waals surface area contributed by atoms with Crippen LogP contribution in [0.15, 0.2) is 0 Å². The maximum Gasteiger partial charge on any atom is 0.267 e. The van der Waals surface area contributed by atoms with Gasteiger partial charge in [-0.15, -0.1) is 0 Å². The summed E-state index contributed by atoms with van der Waals surface area (Å²) in [6.45, 7) is 4.36. The molecule has 4 heteroatoms. The van der Waals surface area contributed by atoms with Gasteiger partial charge in [0.05, 0.1) is 5.25 Å². The molecular formula is C17H36O3S. The van der Waals surface area contributed by atoms with Gasteiger partial charge < -0.3 is 0 Å². The molecule has 0 saturated heterocycles. The van der Waals surface area contributed by atoms with Crippen molar-refractivity contribution in [2.45, 2.75) is 109 Å². The molecule has 0 bridgehead atoms. The van der Waals surface area contributed by atoms with Crippen molar-refractivity contribution in [3.8, 4) is 0 Å². The van der Waals surface area contributed by atoms with Crippen LogP contribution in [0.25, 0.3) is 0 Å². The van der Waals surface area contributed by atoms with Gasteiger partial charge in [-0.1, -0.05) is 90.9 Å². The Labute approximate surface area is 132 Å². The first-order valence-electron chi connectivity index (χ1n) is 8.98. The summed E-state index contributed by atoms with van der Waals surface area (Å²) >= 11 is 0. The Bertz CT molecular complexity index is 312. The summed E-state index contributed by atoms with van der Waals surface area (Å²) in [6, 6.07) is 0. The lowest BCUT2D eigenvalue weighted by atomic mass is 10.0. The SMILES string of the molecule is CCCCCCCCCCC(CCCCCC)S(=O)(=O)O. The van der Waals surface area contributed by atoms with Crippen LogP contribution in [0.2, 0.25) is 0 Å². The second-order valence-electron chi connectivity index (χ2n) is 6.25. The molecule has 128 valence electrons.